The summed E-state index contributed by atoms with van der Waals surface area (Å²) in [5.74, 6) is 0.398. The lowest BCUT2D eigenvalue weighted by Gasteiger charge is -2.06. The van der Waals surface area contributed by atoms with Crippen molar-refractivity contribution in [1.29, 1.82) is 0 Å². The van der Waals surface area contributed by atoms with Crippen molar-refractivity contribution >= 4 is 5.97 Å². The van der Waals surface area contributed by atoms with Crippen LogP contribution in [0.2, 0.25) is 0 Å². The van der Waals surface area contributed by atoms with E-state index in [2.05, 4.69) is 16.6 Å². The van der Waals surface area contributed by atoms with Crippen LogP contribution < -0.4 is 4.74 Å². The first kappa shape index (κ1) is 14.1. The van der Waals surface area contributed by atoms with Crippen LogP contribution in [0.1, 0.15) is 23.8 Å². The molecule has 0 atom stereocenters. The molecule has 0 radical (unpaired) electrons. The van der Waals surface area contributed by atoms with E-state index in [0.29, 0.717) is 12.3 Å². The maximum Gasteiger partial charge on any atom is 0.356 e. The van der Waals surface area contributed by atoms with Crippen LogP contribution in [0.15, 0.2) is 42.5 Å². The van der Waals surface area contributed by atoms with Crippen LogP contribution >= 0.6 is 0 Å². The lowest BCUT2D eigenvalue weighted by molar-refractivity contribution is 0.0594. The molecule has 0 unspecified atom stereocenters. The molecule has 0 saturated carbocycles. The number of methoxy groups -OCH3 is 1. The van der Waals surface area contributed by atoms with Crippen molar-refractivity contribution in [2.45, 2.75) is 13.3 Å². The molecule has 4 heteroatoms. The second-order valence-corrected chi connectivity index (χ2v) is 4.27. The summed E-state index contributed by atoms with van der Waals surface area (Å²) in [6.07, 6.45) is 0.977. The van der Waals surface area contributed by atoms with Crippen molar-refractivity contribution < 1.29 is 14.3 Å². The minimum Gasteiger partial charge on any atom is -0.494 e. The highest BCUT2D eigenvalue weighted by Gasteiger charge is 2.08. The van der Waals surface area contributed by atoms with Gasteiger partial charge in [0.1, 0.15) is 11.4 Å². The fourth-order valence-corrected chi connectivity index (χ4v) is 1.76. The molecule has 0 bridgehead atoms. The van der Waals surface area contributed by atoms with Gasteiger partial charge in [-0.3, -0.25) is 0 Å². The molecule has 1 aromatic carbocycles. The third-order valence-corrected chi connectivity index (χ3v) is 2.77. The molecular formula is C16H17NO3. The average Bonchev–Trinajstić information content (AvgIpc) is 2.52. The zero-order valence-electron chi connectivity index (χ0n) is 11.6. The molecule has 4 nitrogen and oxygen atoms in total. The number of rotatable bonds is 5. The van der Waals surface area contributed by atoms with Gasteiger partial charge in [0.05, 0.1) is 19.4 Å². The Kier molecular flexibility index (Phi) is 4.71. The number of ether oxygens (including phenoxy) is 2. The van der Waals surface area contributed by atoms with Crippen LogP contribution in [0.3, 0.4) is 0 Å². The summed E-state index contributed by atoms with van der Waals surface area (Å²) in [4.78, 5) is 15.8. The molecule has 0 N–H and O–H groups in total. The normalized spacial score (nSPS) is 10.1. The number of benzene rings is 1. The van der Waals surface area contributed by atoms with Crippen LogP contribution in [0.4, 0.5) is 0 Å². The van der Waals surface area contributed by atoms with Crippen molar-refractivity contribution in [1.82, 2.24) is 4.98 Å². The monoisotopic (exact) mass is 271 g/mol. The van der Waals surface area contributed by atoms with E-state index in [9.17, 15) is 4.79 Å². The van der Waals surface area contributed by atoms with Crippen molar-refractivity contribution in [2.75, 3.05) is 13.7 Å². The summed E-state index contributed by atoms with van der Waals surface area (Å²) < 4.78 is 10.2. The molecule has 2 aromatic rings. The quantitative estimate of drug-likeness (QED) is 0.783. The summed E-state index contributed by atoms with van der Waals surface area (Å²) in [6.45, 7) is 2.77. The van der Waals surface area contributed by atoms with E-state index in [-0.39, 0.29) is 0 Å². The van der Waals surface area contributed by atoms with E-state index < -0.39 is 5.97 Å². The standard InChI is InChI=1S/C16H17NO3/c1-3-11-20-13-9-7-12(8-10-13)14-5-4-6-15(17-14)16(18)19-2/h4-10H,3,11H2,1-2H3. The van der Waals surface area contributed by atoms with Gasteiger partial charge in [-0.05, 0) is 42.8 Å². The number of carbonyl (C=O) groups is 1. The van der Waals surface area contributed by atoms with Gasteiger partial charge in [-0.25, -0.2) is 9.78 Å². The van der Waals surface area contributed by atoms with Gasteiger partial charge in [-0.15, -0.1) is 0 Å². The summed E-state index contributed by atoms with van der Waals surface area (Å²) in [5.41, 5.74) is 1.96. The number of esters is 1. The Balaban J connectivity index is 2.21. The number of aromatic nitrogens is 1. The zero-order chi connectivity index (χ0) is 14.4. The third-order valence-electron chi connectivity index (χ3n) is 2.77. The van der Waals surface area contributed by atoms with Gasteiger partial charge in [-0.2, -0.15) is 0 Å². The molecule has 0 saturated heterocycles. The molecule has 1 aromatic heterocycles. The number of carbonyl (C=O) groups excluding carboxylic acids is 1. The van der Waals surface area contributed by atoms with E-state index in [1.165, 1.54) is 7.11 Å². The number of hydrogen-bond acceptors (Lipinski definition) is 4. The molecule has 0 aliphatic rings. The van der Waals surface area contributed by atoms with Crippen LogP contribution in [-0.4, -0.2) is 24.7 Å². The third kappa shape index (κ3) is 3.35. The van der Waals surface area contributed by atoms with Gasteiger partial charge >= 0.3 is 5.97 Å². The Hall–Kier alpha value is -2.36. The van der Waals surface area contributed by atoms with E-state index in [0.717, 1.165) is 23.4 Å². The number of hydrogen-bond donors (Lipinski definition) is 0. The molecule has 1 heterocycles. The minimum atomic E-state index is -0.435. The van der Waals surface area contributed by atoms with Crippen LogP contribution in [0, 0.1) is 0 Å². The van der Waals surface area contributed by atoms with Crippen molar-refractivity contribution in [3.8, 4) is 17.0 Å². The highest BCUT2D eigenvalue weighted by molar-refractivity contribution is 5.87. The molecule has 0 amide bonds. The van der Waals surface area contributed by atoms with Crippen LogP contribution in [0.25, 0.3) is 11.3 Å². The summed E-state index contributed by atoms with van der Waals surface area (Å²) in [6, 6.07) is 12.9. The molecule has 0 fully saturated rings. The first-order chi connectivity index (χ1) is 9.74. The topological polar surface area (TPSA) is 48.4 Å². The van der Waals surface area contributed by atoms with Gasteiger partial charge < -0.3 is 9.47 Å². The number of pyridine rings is 1. The first-order valence-corrected chi connectivity index (χ1v) is 6.53. The summed E-state index contributed by atoms with van der Waals surface area (Å²) >= 11 is 0. The van der Waals surface area contributed by atoms with E-state index in [4.69, 9.17) is 4.74 Å². The fourth-order valence-electron chi connectivity index (χ4n) is 1.76. The maximum atomic E-state index is 11.5. The van der Waals surface area contributed by atoms with Crippen LogP contribution in [0.5, 0.6) is 5.75 Å². The zero-order valence-corrected chi connectivity index (χ0v) is 11.6. The Labute approximate surface area is 118 Å². The van der Waals surface area contributed by atoms with E-state index >= 15 is 0 Å². The predicted octanol–water partition coefficient (Wildman–Crippen LogP) is 3.32. The van der Waals surface area contributed by atoms with Crippen molar-refractivity contribution in [3.05, 3.63) is 48.2 Å². The molecule has 0 spiro atoms. The van der Waals surface area contributed by atoms with Gasteiger partial charge in [0, 0.05) is 5.56 Å². The molecule has 20 heavy (non-hydrogen) atoms. The molecule has 104 valence electrons. The smallest absolute Gasteiger partial charge is 0.356 e. The summed E-state index contributed by atoms with van der Waals surface area (Å²) in [5, 5.41) is 0. The predicted molar refractivity (Wildman–Crippen MR) is 76.8 cm³/mol. The van der Waals surface area contributed by atoms with E-state index in [1.807, 2.05) is 30.3 Å². The van der Waals surface area contributed by atoms with Crippen molar-refractivity contribution in [2.24, 2.45) is 0 Å². The van der Waals surface area contributed by atoms with E-state index in [1.54, 1.807) is 12.1 Å². The minimum absolute atomic E-state index is 0.302. The molecular weight excluding hydrogens is 254 g/mol. The Bertz CT molecular complexity index is 579. The lowest BCUT2D eigenvalue weighted by Crippen LogP contribution is -2.04. The maximum absolute atomic E-state index is 11.5. The highest BCUT2D eigenvalue weighted by atomic mass is 16.5. The Morgan fingerprint density at radius 1 is 1.15 bits per heavy atom. The second-order valence-electron chi connectivity index (χ2n) is 4.27. The van der Waals surface area contributed by atoms with Gasteiger partial charge in [-0.1, -0.05) is 13.0 Å². The Morgan fingerprint density at radius 2 is 1.90 bits per heavy atom. The SMILES string of the molecule is CCCOc1ccc(-c2cccc(C(=O)OC)n2)cc1. The average molecular weight is 271 g/mol. The lowest BCUT2D eigenvalue weighted by atomic mass is 10.1. The second kappa shape index (κ2) is 6.70. The molecule has 2 rings (SSSR count). The fraction of sp³-hybridized carbons (Fsp3) is 0.250. The van der Waals surface area contributed by atoms with Gasteiger partial charge in [0.15, 0.2) is 0 Å². The van der Waals surface area contributed by atoms with Gasteiger partial charge in [0.25, 0.3) is 0 Å². The first-order valence-electron chi connectivity index (χ1n) is 6.53. The molecule has 0 aliphatic carbocycles. The highest BCUT2D eigenvalue weighted by Crippen LogP contribution is 2.21. The number of nitrogens with zero attached hydrogens (tertiary/aromatic N) is 1. The largest absolute Gasteiger partial charge is 0.494 e. The van der Waals surface area contributed by atoms with Crippen LogP contribution in [-0.2, 0) is 4.74 Å². The summed E-state index contributed by atoms with van der Waals surface area (Å²) in [7, 11) is 1.34. The molecule has 0 aliphatic heterocycles. The Morgan fingerprint density at radius 3 is 2.55 bits per heavy atom. The van der Waals surface area contributed by atoms with Crippen molar-refractivity contribution in [3.63, 3.8) is 0 Å². The van der Waals surface area contributed by atoms with Gasteiger partial charge in [0.2, 0.25) is 0 Å².